The summed E-state index contributed by atoms with van der Waals surface area (Å²) in [5.41, 5.74) is 2.66. The molecule has 0 radical (unpaired) electrons. The van der Waals surface area contributed by atoms with Gasteiger partial charge in [-0.3, -0.25) is 0 Å². The molecule has 1 atom stereocenters. The van der Waals surface area contributed by atoms with Crippen molar-refractivity contribution in [2.75, 3.05) is 13.7 Å². The van der Waals surface area contributed by atoms with E-state index in [4.69, 9.17) is 4.74 Å². The van der Waals surface area contributed by atoms with E-state index in [1.807, 2.05) is 37.4 Å². The van der Waals surface area contributed by atoms with E-state index < -0.39 is 0 Å². The molecule has 20 heavy (non-hydrogen) atoms. The lowest BCUT2D eigenvalue weighted by molar-refractivity contribution is 0.340. The molecule has 0 bridgehead atoms. The summed E-state index contributed by atoms with van der Waals surface area (Å²) < 4.78 is 6.62. The fourth-order valence-electron chi connectivity index (χ4n) is 2.32. The molecule has 4 heteroatoms. The molecule has 0 spiro atoms. The zero-order chi connectivity index (χ0) is 14.5. The summed E-state index contributed by atoms with van der Waals surface area (Å²) in [6.45, 7) is 4.88. The Morgan fingerprint density at radius 1 is 1.30 bits per heavy atom. The summed E-state index contributed by atoms with van der Waals surface area (Å²) >= 11 is 5.49. The van der Waals surface area contributed by atoms with E-state index in [1.54, 1.807) is 0 Å². The Hall–Kier alpha value is -0.840. The average Bonchev–Trinajstić information content (AvgIpc) is 2.90. The van der Waals surface area contributed by atoms with Crippen LogP contribution in [0, 0.1) is 0 Å². The highest BCUT2D eigenvalue weighted by molar-refractivity contribution is 9.10. The molecule has 1 heterocycles. The second-order valence-electron chi connectivity index (χ2n) is 4.50. The highest BCUT2D eigenvalue weighted by atomic mass is 79.9. The van der Waals surface area contributed by atoms with Crippen molar-refractivity contribution in [1.29, 1.82) is 0 Å². The lowest BCUT2D eigenvalue weighted by atomic mass is 10.0. The minimum absolute atomic E-state index is 0.218. The number of halogens is 1. The molecule has 0 aliphatic rings. The van der Waals surface area contributed by atoms with Crippen LogP contribution in [-0.4, -0.2) is 13.7 Å². The van der Waals surface area contributed by atoms with Gasteiger partial charge in [-0.05, 0) is 55.1 Å². The number of hydrogen-bond donors (Lipinski definition) is 1. The Bertz CT molecular complexity index is 567. The van der Waals surface area contributed by atoms with Gasteiger partial charge < -0.3 is 10.1 Å². The lowest BCUT2D eigenvalue weighted by Gasteiger charge is -2.19. The van der Waals surface area contributed by atoms with E-state index in [0.717, 1.165) is 16.6 Å². The van der Waals surface area contributed by atoms with E-state index in [1.165, 1.54) is 16.0 Å². The number of rotatable bonds is 6. The number of nitrogens with one attached hydrogen (secondary N) is 1. The second-order valence-corrected chi connectivity index (χ2v) is 6.30. The van der Waals surface area contributed by atoms with E-state index >= 15 is 0 Å². The first-order chi connectivity index (χ1) is 9.71. The van der Waals surface area contributed by atoms with Gasteiger partial charge in [0.15, 0.2) is 0 Å². The van der Waals surface area contributed by atoms with Gasteiger partial charge in [-0.25, -0.2) is 0 Å². The first-order valence-corrected chi connectivity index (χ1v) is 8.54. The lowest BCUT2D eigenvalue weighted by Crippen LogP contribution is -2.18. The van der Waals surface area contributed by atoms with Crippen LogP contribution in [0.2, 0.25) is 0 Å². The molecule has 0 saturated carbocycles. The first kappa shape index (κ1) is 15.5. The van der Waals surface area contributed by atoms with Crippen molar-refractivity contribution < 1.29 is 4.74 Å². The summed E-state index contributed by atoms with van der Waals surface area (Å²) in [5.74, 6) is 0.903. The Morgan fingerprint density at radius 3 is 2.70 bits per heavy atom. The predicted octanol–water partition coefficient (Wildman–Crippen LogP) is 4.78. The summed E-state index contributed by atoms with van der Waals surface area (Å²) in [4.78, 5) is 1.39. The molecule has 0 amide bonds. The quantitative estimate of drug-likeness (QED) is 0.806. The van der Waals surface area contributed by atoms with Gasteiger partial charge in [0.1, 0.15) is 5.75 Å². The minimum Gasteiger partial charge on any atom is -0.494 e. The second kappa shape index (κ2) is 7.25. The van der Waals surface area contributed by atoms with Crippen molar-refractivity contribution in [3.63, 3.8) is 0 Å². The van der Waals surface area contributed by atoms with Crippen LogP contribution in [0.15, 0.2) is 34.1 Å². The van der Waals surface area contributed by atoms with Gasteiger partial charge in [-0.2, -0.15) is 0 Å². The van der Waals surface area contributed by atoms with Gasteiger partial charge in [0.2, 0.25) is 0 Å². The number of thiophene rings is 1. The summed E-state index contributed by atoms with van der Waals surface area (Å²) in [6, 6.07) is 8.65. The number of aryl methyl sites for hydroxylation is 1. The van der Waals surface area contributed by atoms with E-state index in [2.05, 4.69) is 45.7 Å². The molecule has 0 saturated heterocycles. The monoisotopic (exact) mass is 353 g/mol. The van der Waals surface area contributed by atoms with Crippen LogP contribution < -0.4 is 10.1 Å². The van der Waals surface area contributed by atoms with E-state index in [0.29, 0.717) is 6.61 Å². The third-order valence-electron chi connectivity index (χ3n) is 3.31. The van der Waals surface area contributed by atoms with Crippen LogP contribution >= 0.6 is 27.3 Å². The molecular formula is C16H20BrNOS. The van der Waals surface area contributed by atoms with E-state index in [-0.39, 0.29) is 6.04 Å². The number of ether oxygens (including phenoxy) is 1. The maximum atomic E-state index is 5.54. The van der Waals surface area contributed by atoms with Crippen molar-refractivity contribution in [2.45, 2.75) is 26.3 Å². The van der Waals surface area contributed by atoms with Gasteiger partial charge in [0.05, 0.1) is 12.6 Å². The third kappa shape index (κ3) is 3.25. The minimum atomic E-state index is 0.218. The standard InChI is InChI=1S/C16H20BrNOS/c1-4-11-8-9-20-16(11)15(18-3)13-7-6-12(19-5-2)10-14(13)17/h6-10,15,18H,4-5H2,1-3H3. The molecule has 2 nitrogen and oxygen atoms in total. The Kier molecular flexibility index (Phi) is 5.64. The first-order valence-electron chi connectivity index (χ1n) is 6.87. The molecular weight excluding hydrogens is 334 g/mol. The molecule has 1 aromatic carbocycles. The topological polar surface area (TPSA) is 21.3 Å². The maximum Gasteiger partial charge on any atom is 0.120 e. The van der Waals surface area contributed by atoms with Gasteiger partial charge in [0.25, 0.3) is 0 Å². The Labute approximate surface area is 133 Å². The summed E-state index contributed by atoms with van der Waals surface area (Å²) in [7, 11) is 2.01. The van der Waals surface area contributed by atoms with Gasteiger partial charge in [-0.15, -0.1) is 11.3 Å². The molecule has 0 aliphatic carbocycles. The Balaban J connectivity index is 2.37. The average molecular weight is 354 g/mol. The number of benzene rings is 1. The Morgan fingerprint density at radius 2 is 2.10 bits per heavy atom. The molecule has 2 aromatic rings. The fourth-order valence-corrected chi connectivity index (χ4v) is 4.03. The number of hydrogen-bond acceptors (Lipinski definition) is 3. The highest BCUT2D eigenvalue weighted by Gasteiger charge is 2.19. The highest BCUT2D eigenvalue weighted by Crippen LogP contribution is 2.35. The van der Waals surface area contributed by atoms with Gasteiger partial charge >= 0.3 is 0 Å². The fraction of sp³-hybridized carbons (Fsp3) is 0.375. The predicted molar refractivity (Wildman–Crippen MR) is 89.9 cm³/mol. The van der Waals surface area contributed by atoms with Crippen LogP contribution in [-0.2, 0) is 6.42 Å². The molecule has 0 fully saturated rings. The molecule has 1 aromatic heterocycles. The van der Waals surface area contributed by atoms with Crippen molar-refractivity contribution in [2.24, 2.45) is 0 Å². The van der Waals surface area contributed by atoms with Crippen LogP contribution in [0.5, 0.6) is 5.75 Å². The smallest absolute Gasteiger partial charge is 0.120 e. The van der Waals surface area contributed by atoms with Crippen LogP contribution in [0.4, 0.5) is 0 Å². The van der Waals surface area contributed by atoms with E-state index in [9.17, 15) is 0 Å². The largest absolute Gasteiger partial charge is 0.494 e. The molecule has 1 unspecified atom stereocenters. The maximum absolute atomic E-state index is 5.54. The third-order valence-corrected chi connectivity index (χ3v) is 5.02. The van der Waals surface area contributed by atoms with Crippen molar-refractivity contribution in [3.05, 3.63) is 50.1 Å². The van der Waals surface area contributed by atoms with Crippen molar-refractivity contribution in [1.82, 2.24) is 5.32 Å². The summed E-state index contributed by atoms with van der Waals surface area (Å²) in [5, 5.41) is 5.59. The zero-order valence-electron chi connectivity index (χ0n) is 12.1. The van der Waals surface area contributed by atoms with Crippen LogP contribution in [0.1, 0.15) is 35.9 Å². The van der Waals surface area contributed by atoms with Crippen LogP contribution in [0.25, 0.3) is 0 Å². The molecule has 108 valence electrons. The molecule has 0 aliphatic heterocycles. The summed E-state index contributed by atoms with van der Waals surface area (Å²) in [6.07, 6.45) is 1.06. The molecule has 2 rings (SSSR count). The van der Waals surface area contributed by atoms with Crippen LogP contribution in [0.3, 0.4) is 0 Å². The normalized spacial score (nSPS) is 12.4. The zero-order valence-corrected chi connectivity index (χ0v) is 14.5. The van der Waals surface area contributed by atoms with Crippen molar-refractivity contribution >= 4 is 27.3 Å². The van der Waals surface area contributed by atoms with Gasteiger partial charge in [0, 0.05) is 9.35 Å². The SMILES string of the molecule is CCOc1ccc(C(NC)c2sccc2CC)c(Br)c1. The van der Waals surface area contributed by atoms with Gasteiger partial charge in [-0.1, -0.05) is 28.9 Å². The molecule has 1 N–H and O–H groups in total. The van der Waals surface area contributed by atoms with Crippen molar-refractivity contribution in [3.8, 4) is 5.75 Å².